The molecule has 0 bridgehead atoms. The van der Waals surface area contributed by atoms with Gasteiger partial charge < -0.3 is 10.3 Å². The zero-order valence-electron chi connectivity index (χ0n) is 10.5. The van der Waals surface area contributed by atoms with Crippen LogP contribution in [0.4, 0.5) is 0 Å². The lowest BCUT2D eigenvalue weighted by molar-refractivity contribution is -0.134. The molecular weight excluding hydrogens is 260 g/mol. The largest absolute Gasteiger partial charge is 0.345 e. The highest BCUT2D eigenvalue weighted by Gasteiger charge is 2.28. The van der Waals surface area contributed by atoms with E-state index in [1.807, 2.05) is 6.07 Å². The number of nitrogens with zero attached hydrogens (tertiary/aromatic N) is 1. The Hall–Kier alpha value is -2.70. The number of H-pyrrole nitrogens is 1. The van der Waals surface area contributed by atoms with Crippen molar-refractivity contribution in [2.75, 3.05) is 0 Å². The van der Waals surface area contributed by atoms with Gasteiger partial charge in [-0.25, -0.2) is 4.98 Å². The van der Waals surface area contributed by atoms with Gasteiger partial charge in [0.15, 0.2) is 0 Å². The van der Waals surface area contributed by atoms with E-state index in [1.165, 1.54) is 6.33 Å². The molecule has 1 aromatic heterocycles. The smallest absolute Gasteiger partial charge is 0.254 e. The fraction of sp³-hybridized carbons (Fsp3) is 0.231. The molecule has 1 aromatic carbocycles. The van der Waals surface area contributed by atoms with Crippen molar-refractivity contribution in [2.24, 2.45) is 0 Å². The molecule has 1 fully saturated rings. The number of imidazole rings is 1. The van der Waals surface area contributed by atoms with E-state index in [1.54, 1.807) is 12.1 Å². The van der Waals surface area contributed by atoms with Crippen molar-refractivity contribution in [3.05, 3.63) is 30.1 Å². The van der Waals surface area contributed by atoms with Gasteiger partial charge in [0.25, 0.3) is 5.91 Å². The van der Waals surface area contributed by atoms with Crippen molar-refractivity contribution in [1.29, 1.82) is 0 Å². The maximum Gasteiger partial charge on any atom is 0.254 e. The first kappa shape index (κ1) is 12.3. The average Bonchev–Trinajstić information content (AvgIpc) is 2.90. The molecule has 0 aliphatic carbocycles. The van der Waals surface area contributed by atoms with Gasteiger partial charge in [0, 0.05) is 6.42 Å². The minimum Gasteiger partial charge on any atom is -0.345 e. The Morgan fingerprint density at radius 3 is 3.00 bits per heavy atom. The summed E-state index contributed by atoms with van der Waals surface area (Å²) in [6, 6.07) is 4.50. The van der Waals surface area contributed by atoms with Crippen LogP contribution in [0.3, 0.4) is 0 Å². The molecule has 3 N–H and O–H groups in total. The third-order valence-electron chi connectivity index (χ3n) is 3.24. The number of nitrogens with one attached hydrogen (secondary N) is 3. The second-order valence-electron chi connectivity index (χ2n) is 4.58. The summed E-state index contributed by atoms with van der Waals surface area (Å²) in [4.78, 5) is 41.9. The van der Waals surface area contributed by atoms with E-state index in [9.17, 15) is 14.4 Å². The standard InChI is InChI=1S/C13H12N4O3/c18-10-5-4-9(13(20)17-10)16-12(19)7-2-1-3-8-11(7)15-6-14-8/h1-3,6,9H,4-5H2,(H,14,15)(H,16,19)(H,17,18,20)/t9-/m1/s1. The molecule has 1 aliphatic rings. The normalized spacial score (nSPS) is 18.9. The lowest BCUT2D eigenvalue weighted by atomic mass is 10.1. The van der Waals surface area contributed by atoms with E-state index in [4.69, 9.17) is 0 Å². The fourth-order valence-electron chi connectivity index (χ4n) is 2.22. The predicted molar refractivity (Wildman–Crippen MR) is 69.7 cm³/mol. The van der Waals surface area contributed by atoms with Crippen LogP contribution in [0.1, 0.15) is 23.2 Å². The molecule has 0 spiro atoms. The number of fused-ring (bicyclic) bond motifs is 1. The molecule has 2 aromatic rings. The van der Waals surface area contributed by atoms with Gasteiger partial charge in [-0.15, -0.1) is 0 Å². The van der Waals surface area contributed by atoms with Crippen molar-refractivity contribution in [2.45, 2.75) is 18.9 Å². The van der Waals surface area contributed by atoms with E-state index >= 15 is 0 Å². The molecule has 1 saturated heterocycles. The van der Waals surface area contributed by atoms with Crippen LogP contribution in [0.15, 0.2) is 24.5 Å². The van der Waals surface area contributed by atoms with Crippen molar-refractivity contribution in [1.82, 2.24) is 20.6 Å². The number of amides is 3. The molecular formula is C13H12N4O3. The highest BCUT2D eigenvalue weighted by Crippen LogP contribution is 2.15. The predicted octanol–water partition coefficient (Wildman–Crippen LogP) is 0.0979. The Balaban J connectivity index is 1.81. The van der Waals surface area contributed by atoms with E-state index in [0.29, 0.717) is 17.5 Å². The zero-order chi connectivity index (χ0) is 14.1. The quantitative estimate of drug-likeness (QED) is 0.674. The van der Waals surface area contributed by atoms with E-state index in [2.05, 4.69) is 20.6 Å². The molecule has 1 atom stereocenters. The number of hydrogen-bond donors (Lipinski definition) is 3. The number of hydrogen-bond acceptors (Lipinski definition) is 4. The molecule has 3 rings (SSSR count). The summed E-state index contributed by atoms with van der Waals surface area (Å²) >= 11 is 0. The first-order chi connectivity index (χ1) is 9.65. The summed E-state index contributed by atoms with van der Waals surface area (Å²) in [5, 5.41) is 4.83. The number of piperidine rings is 1. The van der Waals surface area contributed by atoms with E-state index in [0.717, 1.165) is 5.52 Å². The van der Waals surface area contributed by atoms with Crippen LogP contribution in [0.2, 0.25) is 0 Å². The summed E-state index contributed by atoms with van der Waals surface area (Å²) in [6.45, 7) is 0. The van der Waals surface area contributed by atoms with Crippen LogP contribution in [0.25, 0.3) is 11.0 Å². The maximum absolute atomic E-state index is 12.2. The summed E-state index contributed by atoms with van der Waals surface area (Å²) in [5.41, 5.74) is 1.70. The first-order valence-electron chi connectivity index (χ1n) is 6.22. The van der Waals surface area contributed by atoms with Gasteiger partial charge in [0.2, 0.25) is 11.8 Å². The molecule has 0 radical (unpaired) electrons. The number of para-hydroxylation sites is 1. The number of imide groups is 1. The van der Waals surface area contributed by atoms with Crippen LogP contribution in [-0.4, -0.2) is 33.7 Å². The van der Waals surface area contributed by atoms with E-state index < -0.39 is 11.9 Å². The molecule has 20 heavy (non-hydrogen) atoms. The lowest BCUT2D eigenvalue weighted by Crippen LogP contribution is -2.52. The molecule has 0 unspecified atom stereocenters. The second-order valence-corrected chi connectivity index (χ2v) is 4.58. The SMILES string of the molecule is O=C1CC[C@@H](NC(=O)c2cccc3[nH]cnc23)C(=O)N1. The highest BCUT2D eigenvalue weighted by molar-refractivity contribution is 6.08. The van der Waals surface area contributed by atoms with Gasteiger partial charge in [0.1, 0.15) is 11.6 Å². The van der Waals surface area contributed by atoms with Crippen LogP contribution in [-0.2, 0) is 9.59 Å². The summed E-state index contributed by atoms with van der Waals surface area (Å²) in [7, 11) is 0. The number of benzene rings is 1. The summed E-state index contributed by atoms with van der Waals surface area (Å²) in [5.74, 6) is -1.16. The third-order valence-corrected chi connectivity index (χ3v) is 3.24. The van der Waals surface area contributed by atoms with Gasteiger partial charge in [-0.1, -0.05) is 6.07 Å². The van der Waals surface area contributed by atoms with Crippen molar-refractivity contribution in [3.8, 4) is 0 Å². The molecule has 0 saturated carbocycles. The Bertz CT molecular complexity index is 706. The number of aromatic amines is 1. The van der Waals surface area contributed by atoms with Gasteiger partial charge in [-0.2, -0.15) is 0 Å². The fourth-order valence-corrected chi connectivity index (χ4v) is 2.22. The first-order valence-corrected chi connectivity index (χ1v) is 6.22. The Labute approximate surface area is 113 Å². The Morgan fingerprint density at radius 1 is 1.35 bits per heavy atom. The average molecular weight is 272 g/mol. The Morgan fingerprint density at radius 2 is 2.20 bits per heavy atom. The zero-order valence-corrected chi connectivity index (χ0v) is 10.5. The third kappa shape index (κ3) is 2.13. The molecule has 102 valence electrons. The Kier molecular flexibility index (Phi) is 2.94. The molecule has 7 heteroatoms. The topological polar surface area (TPSA) is 104 Å². The van der Waals surface area contributed by atoms with Crippen LogP contribution in [0, 0.1) is 0 Å². The maximum atomic E-state index is 12.2. The van der Waals surface area contributed by atoms with Crippen LogP contribution in [0.5, 0.6) is 0 Å². The highest BCUT2D eigenvalue weighted by atomic mass is 16.2. The molecule has 7 nitrogen and oxygen atoms in total. The summed E-state index contributed by atoms with van der Waals surface area (Å²) < 4.78 is 0. The molecule has 3 amide bonds. The van der Waals surface area contributed by atoms with Gasteiger partial charge in [0.05, 0.1) is 17.4 Å². The second kappa shape index (κ2) is 4.76. The van der Waals surface area contributed by atoms with Gasteiger partial charge in [-0.3, -0.25) is 19.7 Å². The number of carbonyl (C=O) groups excluding carboxylic acids is 3. The van der Waals surface area contributed by atoms with Crippen molar-refractivity contribution < 1.29 is 14.4 Å². The minimum atomic E-state index is -0.686. The number of carbonyl (C=O) groups is 3. The molecule has 1 aliphatic heterocycles. The van der Waals surface area contributed by atoms with Crippen LogP contribution >= 0.6 is 0 Å². The number of rotatable bonds is 2. The van der Waals surface area contributed by atoms with Crippen molar-refractivity contribution in [3.63, 3.8) is 0 Å². The molecule has 2 heterocycles. The summed E-state index contributed by atoms with van der Waals surface area (Å²) in [6.07, 6.45) is 2.05. The van der Waals surface area contributed by atoms with E-state index in [-0.39, 0.29) is 18.2 Å². The minimum absolute atomic E-state index is 0.225. The van der Waals surface area contributed by atoms with Crippen molar-refractivity contribution >= 4 is 28.8 Å². The lowest BCUT2D eigenvalue weighted by Gasteiger charge is -2.21. The number of aromatic nitrogens is 2. The van der Waals surface area contributed by atoms with Gasteiger partial charge >= 0.3 is 0 Å². The van der Waals surface area contributed by atoms with Crippen LogP contribution < -0.4 is 10.6 Å². The monoisotopic (exact) mass is 272 g/mol. The van der Waals surface area contributed by atoms with Gasteiger partial charge in [-0.05, 0) is 18.6 Å².